The van der Waals surface area contributed by atoms with Crippen LogP contribution in [0.4, 0.5) is 5.69 Å². The molecule has 2 rings (SSSR count). The molecule has 0 aliphatic carbocycles. The molecule has 0 aromatic heterocycles. The van der Waals surface area contributed by atoms with Crippen molar-refractivity contribution in [3.63, 3.8) is 0 Å². The molecule has 0 fully saturated rings. The first kappa shape index (κ1) is 17.0. The monoisotopic (exact) mass is 328 g/mol. The molecule has 0 unspecified atom stereocenters. The van der Waals surface area contributed by atoms with E-state index < -0.39 is 5.41 Å². The summed E-state index contributed by atoms with van der Waals surface area (Å²) in [5.74, 6) is 1.38. The van der Waals surface area contributed by atoms with Gasteiger partial charge in [-0.3, -0.25) is 4.79 Å². The summed E-state index contributed by atoms with van der Waals surface area (Å²) in [6.45, 7) is 5.50. The largest absolute Gasteiger partial charge is 0.457 e. The van der Waals surface area contributed by atoms with Crippen LogP contribution in [0.15, 0.2) is 54.6 Å². The molecule has 0 aliphatic heterocycles. The first-order valence-corrected chi connectivity index (χ1v) is 7.71. The van der Waals surface area contributed by atoms with Gasteiger partial charge < -0.3 is 15.4 Å². The smallest absolute Gasteiger partial charge is 0.231 e. The molecular weight excluding hydrogens is 308 g/mol. The van der Waals surface area contributed by atoms with Gasteiger partial charge in [0.05, 0.1) is 0 Å². The number of rotatable bonds is 3. The average Bonchev–Trinajstić information content (AvgIpc) is 2.49. The fourth-order valence-electron chi connectivity index (χ4n) is 1.68. The fourth-order valence-corrected chi connectivity index (χ4v) is 1.89. The Labute approximate surface area is 141 Å². The van der Waals surface area contributed by atoms with Gasteiger partial charge in [-0.05, 0) is 48.6 Å². The van der Waals surface area contributed by atoms with Crippen molar-refractivity contribution in [2.45, 2.75) is 20.8 Å². The van der Waals surface area contributed by atoms with Gasteiger partial charge in [0.15, 0.2) is 5.11 Å². The van der Waals surface area contributed by atoms with Crippen LogP contribution in [-0.2, 0) is 4.79 Å². The van der Waals surface area contributed by atoms with E-state index in [0.717, 1.165) is 17.2 Å². The number of carbonyl (C=O) groups is 1. The van der Waals surface area contributed by atoms with Crippen molar-refractivity contribution in [1.82, 2.24) is 5.32 Å². The number of hydrogen-bond acceptors (Lipinski definition) is 3. The van der Waals surface area contributed by atoms with E-state index in [4.69, 9.17) is 17.0 Å². The Hall–Kier alpha value is -2.40. The van der Waals surface area contributed by atoms with E-state index >= 15 is 0 Å². The molecule has 0 heterocycles. The number of carbonyl (C=O) groups excluding carboxylic acids is 1. The average molecular weight is 328 g/mol. The highest BCUT2D eigenvalue weighted by Gasteiger charge is 2.21. The van der Waals surface area contributed by atoms with Crippen molar-refractivity contribution < 1.29 is 9.53 Å². The normalized spacial score (nSPS) is 10.7. The summed E-state index contributed by atoms with van der Waals surface area (Å²) in [6.07, 6.45) is 0. The molecule has 2 aromatic carbocycles. The highest BCUT2D eigenvalue weighted by atomic mass is 32.1. The maximum atomic E-state index is 11.9. The third-order valence-electron chi connectivity index (χ3n) is 3.00. The lowest BCUT2D eigenvalue weighted by molar-refractivity contribution is -0.126. The van der Waals surface area contributed by atoms with Gasteiger partial charge in [0.2, 0.25) is 5.91 Å². The third-order valence-corrected chi connectivity index (χ3v) is 3.20. The van der Waals surface area contributed by atoms with Crippen LogP contribution in [0.1, 0.15) is 20.8 Å². The van der Waals surface area contributed by atoms with Crippen molar-refractivity contribution in [3.05, 3.63) is 54.6 Å². The second kappa shape index (κ2) is 7.24. The van der Waals surface area contributed by atoms with Crippen molar-refractivity contribution in [2.24, 2.45) is 5.41 Å². The van der Waals surface area contributed by atoms with Gasteiger partial charge in [0.1, 0.15) is 11.5 Å². The molecule has 5 heteroatoms. The maximum absolute atomic E-state index is 11.9. The summed E-state index contributed by atoms with van der Waals surface area (Å²) in [6, 6.07) is 16.9. The summed E-state index contributed by atoms with van der Waals surface area (Å²) >= 11 is 5.14. The van der Waals surface area contributed by atoms with Gasteiger partial charge in [-0.25, -0.2) is 0 Å². The zero-order chi connectivity index (χ0) is 16.9. The van der Waals surface area contributed by atoms with Crippen LogP contribution in [-0.4, -0.2) is 11.0 Å². The standard InChI is InChI=1S/C18H20N2O2S/c1-18(2,3)16(21)20-17(23)19-13-9-11-15(12-10-13)22-14-7-5-4-6-8-14/h4-12H,1-3H3,(H2,19,20,21,23). The Kier molecular flexibility index (Phi) is 5.34. The quantitative estimate of drug-likeness (QED) is 0.823. The Bertz CT molecular complexity index is 676. The number of anilines is 1. The number of ether oxygens (including phenoxy) is 1. The molecule has 120 valence electrons. The van der Waals surface area contributed by atoms with Crippen LogP contribution in [0.2, 0.25) is 0 Å². The summed E-state index contributed by atoms with van der Waals surface area (Å²) in [4.78, 5) is 11.9. The van der Waals surface area contributed by atoms with Gasteiger partial charge in [-0.2, -0.15) is 0 Å². The first-order valence-electron chi connectivity index (χ1n) is 7.30. The van der Waals surface area contributed by atoms with Gasteiger partial charge in [0.25, 0.3) is 0 Å². The molecule has 0 radical (unpaired) electrons. The fraction of sp³-hybridized carbons (Fsp3) is 0.222. The van der Waals surface area contributed by atoms with E-state index in [-0.39, 0.29) is 11.0 Å². The molecule has 4 nitrogen and oxygen atoms in total. The summed E-state index contributed by atoms with van der Waals surface area (Å²) < 4.78 is 5.72. The van der Waals surface area contributed by atoms with Crippen LogP contribution in [0.5, 0.6) is 11.5 Å². The van der Waals surface area contributed by atoms with Crippen molar-refractivity contribution >= 4 is 28.9 Å². The second-order valence-corrected chi connectivity index (χ2v) is 6.51. The molecular formula is C18H20N2O2S. The molecule has 0 saturated carbocycles. The predicted octanol–water partition coefficient (Wildman–Crippen LogP) is 4.34. The predicted molar refractivity (Wildman–Crippen MR) is 96.8 cm³/mol. The molecule has 2 aromatic rings. The van der Waals surface area contributed by atoms with Gasteiger partial charge in [-0.1, -0.05) is 39.0 Å². The van der Waals surface area contributed by atoms with Crippen molar-refractivity contribution in [1.29, 1.82) is 0 Å². The highest BCUT2D eigenvalue weighted by Crippen LogP contribution is 2.22. The summed E-state index contributed by atoms with van der Waals surface area (Å²) in [5.41, 5.74) is 0.295. The van der Waals surface area contributed by atoms with E-state index in [0.29, 0.717) is 0 Å². The Balaban J connectivity index is 1.92. The van der Waals surface area contributed by atoms with Gasteiger partial charge in [0, 0.05) is 11.1 Å². The van der Waals surface area contributed by atoms with E-state index in [1.54, 1.807) is 0 Å². The first-order chi connectivity index (χ1) is 10.8. The molecule has 1 amide bonds. The van der Waals surface area contributed by atoms with E-state index in [2.05, 4.69) is 10.6 Å². The topological polar surface area (TPSA) is 50.4 Å². The number of nitrogens with one attached hydrogen (secondary N) is 2. The van der Waals surface area contributed by atoms with Crippen LogP contribution in [0.25, 0.3) is 0 Å². The summed E-state index contributed by atoms with van der Waals surface area (Å²) in [5, 5.41) is 5.93. The minimum Gasteiger partial charge on any atom is -0.457 e. The molecule has 23 heavy (non-hydrogen) atoms. The molecule has 0 saturated heterocycles. The zero-order valence-electron chi connectivity index (χ0n) is 13.4. The van der Waals surface area contributed by atoms with E-state index in [1.165, 1.54) is 0 Å². The van der Waals surface area contributed by atoms with Gasteiger partial charge in [-0.15, -0.1) is 0 Å². The molecule has 0 bridgehead atoms. The number of benzene rings is 2. The molecule has 0 aliphatic rings. The second-order valence-electron chi connectivity index (χ2n) is 6.10. The Morgan fingerprint density at radius 3 is 2.09 bits per heavy atom. The zero-order valence-corrected chi connectivity index (χ0v) is 14.2. The van der Waals surface area contributed by atoms with Crippen LogP contribution >= 0.6 is 12.2 Å². The number of para-hydroxylation sites is 1. The SMILES string of the molecule is CC(C)(C)C(=O)NC(=S)Nc1ccc(Oc2ccccc2)cc1. The Morgan fingerprint density at radius 1 is 0.957 bits per heavy atom. The van der Waals surface area contributed by atoms with Crippen molar-refractivity contribution in [2.75, 3.05) is 5.32 Å². The third kappa shape index (κ3) is 5.38. The summed E-state index contributed by atoms with van der Waals surface area (Å²) in [7, 11) is 0. The number of thiocarbonyl (C=S) groups is 1. The Morgan fingerprint density at radius 2 is 1.52 bits per heavy atom. The lowest BCUT2D eigenvalue weighted by Crippen LogP contribution is -2.41. The van der Waals surface area contributed by atoms with Crippen LogP contribution in [0.3, 0.4) is 0 Å². The lowest BCUT2D eigenvalue weighted by atomic mass is 9.96. The minimum absolute atomic E-state index is 0.126. The number of hydrogen-bond donors (Lipinski definition) is 2. The minimum atomic E-state index is -0.487. The van der Waals surface area contributed by atoms with E-state index in [1.807, 2.05) is 75.4 Å². The lowest BCUT2D eigenvalue weighted by Gasteiger charge is -2.18. The molecule has 2 N–H and O–H groups in total. The van der Waals surface area contributed by atoms with Crippen molar-refractivity contribution in [3.8, 4) is 11.5 Å². The van der Waals surface area contributed by atoms with Crippen LogP contribution < -0.4 is 15.4 Å². The maximum Gasteiger partial charge on any atom is 0.231 e. The number of amides is 1. The van der Waals surface area contributed by atoms with Gasteiger partial charge >= 0.3 is 0 Å². The molecule has 0 spiro atoms. The van der Waals surface area contributed by atoms with Crippen LogP contribution in [0, 0.1) is 5.41 Å². The van der Waals surface area contributed by atoms with E-state index in [9.17, 15) is 4.79 Å². The molecule has 0 atom stereocenters. The highest BCUT2D eigenvalue weighted by molar-refractivity contribution is 7.80.